The molecule has 1 aliphatic heterocycles. The fraction of sp³-hybridized carbons (Fsp3) is 0.276. The summed E-state index contributed by atoms with van der Waals surface area (Å²) < 4.78 is 46.1. The van der Waals surface area contributed by atoms with E-state index in [1.807, 2.05) is 7.05 Å². The van der Waals surface area contributed by atoms with Crippen molar-refractivity contribution in [2.24, 2.45) is 0 Å². The standard InChI is InChI=1S/C29H25F3N6O/c1-36-11-13-37(14-12-36)26-17-29(31,32)24-16-21(6-8-23(24)26)35-28(39)20-5-9-25(30)19(15-20)4-7-22-18-33-27-3-2-10-34-38(22)27/h2-3,5-6,8-10,15-16,18,26H,11-14,17H2,1H3,(H,35,39)/t26-/m0/s1. The van der Waals surface area contributed by atoms with Crippen molar-refractivity contribution in [3.05, 3.63) is 94.7 Å². The average Bonchev–Trinajstić information content (AvgIpc) is 3.46. The summed E-state index contributed by atoms with van der Waals surface area (Å²) in [6, 6.07) is 11.7. The Bertz CT molecular complexity index is 1630. The van der Waals surface area contributed by atoms with E-state index in [-0.39, 0.29) is 34.8 Å². The summed E-state index contributed by atoms with van der Waals surface area (Å²) in [5.74, 6) is 1.44. The van der Waals surface area contributed by atoms with Crippen molar-refractivity contribution in [2.45, 2.75) is 18.4 Å². The second-order valence-electron chi connectivity index (χ2n) is 9.90. The number of carbonyl (C=O) groups excluding carboxylic acids is 1. The molecule has 1 N–H and O–H groups in total. The van der Waals surface area contributed by atoms with Gasteiger partial charge in [-0.05, 0) is 61.0 Å². The van der Waals surface area contributed by atoms with Crippen LogP contribution in [0.15, 0.2) is 60.9 Å². The average molecular weight is 531 g/mol. The summed E-state index contributed by atoms with van der Waals surface area (Å²) in [5, 5.41) is 6.85. The predicted molar refractivity (Wildman–Crippen MR) is 140 cm³/mol. The number of likely N-dealkylation sites (N-methyl/N-ethyl adjacent to an activating group) is 1. The third-order valence-corrected chi connectivity index (χ3v) is 7.32. The van der Waals surface area contributed by atoms with Crippen molar-refractivity contribution in [3.8, 4) is 11.8 Å². The lowest BCUT2D eigenvalue weighted by Crippen LogP contribution is -2.45. The van der Waals surface area contributed by atoms with E-state index >= 15 is 8.78 Å². The van der Waals surface area contributed by atoms with Gasteiger partial charge in [0, 0.05) is 61.7 Å². The Balaban J connectivity index is 1.22. The van der Waals surface area contributed by atoms with Gasteiger partial charge in [-0.1, -0.05) is 12.0 Å². The topological polar surface area (TPSA) is 65.8 Å². The minimum atomic E-state index is -2.99. The van der Waals surface area contributed by atoms with E-state index in [1.54, 1.807) is 30.5 Å². The first-order valence-electron chi connectivity index (χ1n) is 12.6. The summed E-state index contributed by atoms with van der Waals surface area (Å²) in [6.07, 6.45) is 2.85. The second-order valence-corrected chi connectivity index (χ2v) is 9.90. The van der Waals surface area contributed by atoms with Crippen LogP contribution in [0.4, 0.5) is 18.9 Å². The number of carbonyl (C=O) groups is 1. The number of piperazine rings is 1. The van der Waals surface area contributed by atoms with Crippen LogP contribution in [-0.4, -0.2) is 63.5 Å². The van der Waals surface area contributed by atoms with Crippen LogP contribution in [-0.2, 0) is 5.92 Å². The van der Waals surface area contributed by atoms with E-state index in [4.69, 9.17) is 0 Å². The first-order valence-corrected chi connectivity index (χ1v) is 12.6. The molecule has 0 saturated carbocycles. The Kier molecular flexibility index (Phi) is 6.33. The largest absolute Gasteiger partial charge is 0.322 e. The number of alkyl halides is 2. The van der Waals surface area contributed by atoms with Crippen LogP contribution < -0.4 is 5.32 Å². The lowest BCUT2D eigenvalue weighted by Gasteiger charge is -2.36. The molecule has 0 unspecified atom stereocenters. The molecule has 10 heteroatoms. The Morgan fingerprint density at radius 1 is 1.08 bits per heavy atom. The smallest absolute Gasteiger partial charge is 0.275 e. The number of nitrogens with zero attached hydrogens (tertiary/aromatic N) is 5. The zero-order valence-electron chi connectivity index (χ0n) is 21.2. The molecule has 198 valence electrons. The van der Waals surface area contributed by atoms with E-state index < -0.39 is 17.6 Å². The summed E-state index contributed by atoms with van der Waals surface area (Å²) in [5.41, 5.74) is 2.04. The van der Waals surface area contributed by atoms with Gasteiger partial charge >= 0.3 is 0 Å². The van der Waals surface area contributed by atoms with Crippen LogP contribution in [0.1, 0.15) is 45.2 Å². The van der Waals surface area contributed by atoms with Crippen molar-refractivity contribution in [1.29, 1.82) is 0 Å². The van der Waals surface area contributed by atoms with Gasteiger partial charge in [-0.2, -0.15) is 5.10 Å². The van der Waals surface area contributed by atoms with Gasteiger partial charge in [0.2, 0.25) is 0 Å². The number of anilines is 1. The third-order valence-electron chi connectivity index (χ3n) is 7.32. The van der Waals surface area contributed by atoms with Gasteiger partial charge in [-0.3, -0.25) is 9.69 Å². The van der Waals surface area contributed by atoms with Crippen molar-refractivity contribution in [2.75, 3.05) is 38.5 Å². The van der Waals surface area contributed by atoms with Crippen LogP contribution in [0.2, 0.25) is 0 Å². The fourth-order valence-electron chi connectivity index (χ4n) is 5.17. The maximum Gasteiger partial charge on any atom is 0.275 e. The fourth-order valence-corrected chi connectivity index (χ4v) is 5.17. The maximum atomic E-state index is 15.0. The van der Waals surface area contributed by atoms with Gasteiger partial charge in [-0.25, -0.2) is 22.7 Å². The summed E-state index contributed by atoms with van der Waals surface area (Å²) in [7, 11) is 2.03. The summed E-state index contributed by atoms with van der Waals surface area (Å²) in [6.45, 7) is 3.15. The number of imidazole rings is 1. The molecule has 2 aliphatic rings. The zero-order valence-corrected chi connectivity index (χ0v) is 21.2. The monoisotopic (exact) mass is 530 g/mol. The van der Waals surface area contributed by atoms with Crippen LogP contribution >= 0.6 is 0 Å². The second kappa shape index (κ2) is 9.84. The SMILES string of the molecule is CN1CCN([C@H]2CC(F)(F)c3cc(NC(=O)c4ccc(F)c(C#Cc5cnc6cccnn56)c4)ccc32)CC1. The minimum absolute atomic E-state index is 0.0176. The summed E-state index contributed by atoms with van der Waals surface area (Å²) in [4.78, 5) is 21.5. The molecular formula is C29H25F3N6O. The number of hydrogen-bond acceptors (Lipinski definition) is 5. The third kappa shape index (κ3) is 4.87. The molecule has 1 saturated heterocycles. The number of halogens is 3. The first-order chi connectivity index (χ1) is 18.8. The Hall–Kier alpha value is -4.20. The van der Waals surface area contributed by atoms with E-state index in [0.29, 0.717) is 16.9 Å². The Labute approximate surface area is 223 Å². The molecule has 0 bridgehead atoms. The van der Waals surface area contributed by atoms with Crippen molar-refractivity contribution in [1.82, 2.24) is 24.4 Å². The van der Waals surface area contributed by atoms with E-state index in [1.165, 1.54) is 28.9 Å². The van der Waals surface area contributed by atoms with Crippen LogP contribution in [0.25, 0.3) is 5.65 Å². The number of benzene rings is 2. The van der Waals surface area contributed by atoms with Crippen LogP contribution in [0.5, 0.6) is 0 Å². The normalized spacial score (nSPS) is 18.9. The minimum Gasteiger partial charge on any atom is -0.322 e. The first kappa shape index (κ1) is 25.1. The van der Waals surface area contributed by atoms with Crippen molar-refractivity contribution in [3.63, 3.8) is 0 Å². The van der Waals surface area contributed by atoms with Gasteiger partial charge in [0.25, 0.3) is 11.8 Å². The Morgan fingerprint density at radius 3 is 2.72 bits per heavy atom. The molecule has 2 aromatic heterocycles. The Morgan fingerprint density at radius 2 is 1.90 bits per heavy atom. The number of rotatable bonds is 3. The lowest BCUT2D eigenvalue weighted by atomic mass is 10.0. The molecule has 7 nitrogen and oxygen atoms in total. The quantitative estimate of drug-likeness (QED) is 0.400. The molecule has 4 aromatic rings. The molecule has 1 amide bonds. The molecular weight excluding hydrogens is 505 g/mol. The highest BCUT2D eigenvalue weighted by molar-refractivity contribution is 6.04. The van der Waals surface area contributed by atoms with E-state index in [0.717, 1.165) is 32.2 Å². The van der Waals surface area contributed by atoms with Gasteiger partial charge in [0.15, 0.2) is 5.65 Å². The van der Waals surface area contributed by atoms with Crippen LogP contribution in [0, 0.1) is 17.7 Å². The molecule has 39 heavy (non-hydrogen) atoms. The van der Waals surface area contributed by atoms with Crippen LogP contribution in [0.3, 0.4) is 0 Å². The maximum absolute atomic E-state index is 15.0. The van der Waals surface area contributed by atoms with Gasteiger partial charge in [0.05, 0.1) is 11.8 Å². The predicted octanol–water partition coefficient (Wildman–Crippen LogP) is 4.30. The number of hydrogen-bond donors (Lipinski definition) is 1. The highest BCUT2D eigenvalue weighted by atomic mass is 19.3. The molecule has 3 heterocycles. The lowest BCUT2D eigenvalue weighted by molar-refractivity contribution is -0.0257. The molecule has 2 aromatic carbocycles. The number of fused-ring (bicyclic) bond motifs is 2. The van der Waals surface area contributed by atoms with E-state index in [9.17, 15) is 9.18 Å². The molecule has 1 aliphatic carbocycles. The molecule has 1 fully saturated rings. The molecule has 0 radical (unpaired) electrons. The highest BCUT2D eigenvalue weighted by Crippen LogP contribution is 2.50. The van der Waals surface area contributed by atoms with Gasteiger partial charge in [0.1, 0.15) is 11.5 Å². The summed E-state index contributed by atoms with van der Waals surface area (Å²) >= 11 is 0. The van der Waals surface area contributed by atoms with Crippen molar-refractivity contribution >= 4 is 17.2 Å². The number of aromatic nitrogens is 3. The number of nitrogens with one attached hydrogen (secondary N) is 1. The van der Waals surface area contributed by atoms with Gasteiger partial charge in [-0.15, -0.1) is 0 Å². The van der Waals surface area contributed by atoms with E-state index in [2.05, 4.69) is 37.0 Å². The van der Waals surface area contributed by atoms with Gasteiger partial charge < -0.3 is 10.2 Å². The van der Waals surface area contributed by atoms with Crippen molar-refractivity contribution < 1.29 is 18.0 Å². The zero-order chi connectivity index (χ0) is 27.1. The highest BCUT2D eigenvalue weighted by Gasteiger charge is 2.47. The number of amides is 1. The molecule has 1 atom stereocenters. The molecule has 6 rings (SSSR count). The molecule has 0 spiro atoms.